The Morgan fingerprint density at radius 3 is 2.42 bits per heavy atom. The predicted octanol–water partition coefficient (Wildman–Crippen LogP) is 4.31. The molecule has 31 heavy (non-hydrogen) atoms. The van der Waals surface area contributed by atoms with Crippen molar-refractivity contribution in [2.75, 3.05) is 17.1 Å². The lowest BCUT2D eigenvalue weighted by Gasteiger charge is -2.13. The molecule has 160 valence electrons. The molecule has 3 rings (SSSR count). The number of carbonyl (C=O) groups is 1. The molecule has 0 aliphatic rings. The molecule has 3 aromatic carbocycles. The van der Waals surface area contributed by atoms with Gasteiger partial charge in [-0.15, -0.1) is 0 Å². The minimum absolute atomic E-state index is 0.0248. The van der Waals surface area contributed by atoms with Crippen LogP contribution in [0.2, 0.25) is 5.02 Å². The van der Waals surface area contributed by atoms with E-state index in [9.17, 15) is 23.3 Å². The highest BCUT2D eigenvalue weighted by Crippen LogP contribution is 2.29. The summed E-state index contributed by atoms with van der Waals surface area (Å²) in [7, 11) is -2.73. The minimum Gasteiger partial charge on any atom is -0.495 e. The summed E-state index contributed by atoms with van der Waals surface area (Å²) >= 11 is 5.83. The van der Waals surface area contributed by atoms with Gasteiger partial charge in [-0.1, -0.05) is 17.7 Å². The SMILES string of the molecule is COc1ccc(S(=O)(=O)Nc2cccc([N+](=O)[O-])c2)cc1NC(=O)c1ccc(Cl)cc1. The fraction of sp³-hybridized carbons (Fsp3) is 0.0500. The second-order valence-electron chi connectivity index (χ2n) is 6.24. The van der Waals surface area contributed by atoms with Crippen LogP contribution < -0.4 is 14.8 Å². The average Bonchev–Trinajstić information content (AvgIpc) is 2.74. The van der Waals surface area contributed by atoms with Gasteiger partial charge in [0.05, 0.1) is 28.3 Å². The molecule has 0 saturated heterocycles. The summed E-state index contributed by atoms with van der Waals surface area (Å²) < 4.78 is 33.0. The zero-order valence-corrected chi connectivity index (χ0v) is 17.6. The summed E-state index contributed by atoms with van der Waals surface area (Å²) in [5.41, 5.74) is 0.210. The third-order valence-corrected chi connectivity index (χ3v) is 5.78. The average molecular weight is 462 g/mol. The Balaban J connectivity index is 1.89. The van der Waals surface area contributed by atoms with Crippen LogP contribution in [-0.2, 0) is 10.0 Å². The third kappa shape index (κ3) is 5.30. The summed E-state index contributed by atoms with van der Waals surface area (Å²) in [5.74, 6) is -0.243. The van der Waals surface area contributed by atoms with E-state index in [2.05, 4.69) is 10.0 Å². The molecule has 0 radical (unpaired) electrons. The summed E-state index contributed by atoms with van der Waals surface area (Å²) in [6.45, 7) is 0. The lowest BCUT2D eigenvalue weighted by molar-refractivity contribution is -0.384. The molecule has 0 saturated carbocycles. The van der Waals surface area contributed by atoms with Crippen molar-refractivity contribution in [1.82, 2.24) is 0 Å². The van der Waals surface area contributed by atoms with Crippen LogP contribution >= 0.6 is 11.6 Å². The molecule has 0 unspecified atom stereocenters. The van der Waals surface area contributed by atoms with Crippen LogP contribution in [0, 0.1) is 10.1 Å². The van der Waals surface area contributed by atoms with E-state index in [1.54, 1.807) is 12.1 Å². The van der Waals surface area contributed by atoms with Gasteiger partial charge in [-0.2, -0.15) is 0 Å². The van der Waals surface area contributed by atoms with Crippen LogP contribution in [0.1, 0.15) is 10.4 Å². The maximum atomic E-state index is 12.8. The molecule has 0 atom stereocenters. The van der Waals surface area contributed by atoms with Gasteiger partial charge < -0.3 is 10.1 Å². The van der Waals surface area contributed by atoms with Crippen LogP contribution in [-0.4, -0.2) is 26.4 Å². The van der Waals surface area contributed by atoms with E-state index in [1.165, 1.54) is 55.6 Å². The number of hydrogen-bond donors (Lipinski definition) is 2. The molecule has 0 heterocycles. The molecular weight excluding hydrogens is 446 g/mol. The molecule has 0 spiro atoms. The van der Waals surface area contributed by atoms with E-state index < -0.39 is 20.9 Å². The fourth-order valence-corrected chi connectivity index (χ4v) is 3.85. The number of halogens is 1. The number of non-ortho nitro benzene ring substituents is 1. The zero-order valence-electron chi connectivity index (χ0n) is 16.0. The van der Waals surface area contributed by atoms with Gasteiger partial charge in [-0.25, -0.2) is 8.42 Å². The highest BCUT2D eigenvalue weighted by molar-refractivity contribution is 7.92. The van der Waals surface area contributed by atoms with E-state index in [4.69, 9.17) is 16.3 Å². The molecule has 2 N–H and O–H groups in total. The van der Waals surface area contributed by atoms with Gasteiger partial charge >= 0.3 is 0 Å². The van der Waals surface area contributed by atoms with Crippen molar-refractivity contribution in [3.8, 4) is 5.75 Å². The van der Waals surface area contributed by atoms with E-state index in [0.29, 0.717) is 10.6 Å². The molecular formula is C20H16ClN3O6S. The number of sulfonamides is 1. The Morgan fingerprint density at radius 1 is 1.06 bits per heavy atom. The number of hydrogen-bond acceptors (Lipinski definition) is 6. The minimum atomic E-state index is -4.11. The van der Waals surface area contributed by atoms with E-state index in [1.807, 2.05) is 0 Å². The molecule has 0 fully saturated rings. The standard InChI is InChI=1S/C20H16ClN3O6S/c1-30-19-10-9-17(12-18(19)22-20(25)13-5-7-14(21)8-6-13)31(28,29)23-15-3-2-4-16(11-15)24(26)27/h2-12,23H,1H3,(H,22,25). The largest absolute Gasteiger partial charge is 0.495 e. The highest BCUT2D eigenvalue weighted by atomic mass is 35.5. The van der Waals surface area contributed by atoms with Crippen molar-refractivity contribution >= 4 is 44.6 Å². The fourth-order valence-electron chi connectivity index (χ4n) is 2.64. The van der Waals surface area contributed by atoms with Gasteiger partial charge in [0.2, 0.25) is 0 Å². The Labute approximate surface area is 182 Å². The molecule has 11 heteroatoms. The van der Waals surface area contributed by atoms with Crippen molar-refractivity contribution in [3.05, 3.63) is 87.4 Å². The second kappa shape index (κ2) is 9.02. The van der Waals surface area contributed by atoms with Crippen molar-refractivity contribution in [3.63, 3.8) is 0 Å². The lowest BCUT2D eigenvalue weighted by atomic mass is 10.2. The van der Waals surface area contributed by atoms with Gasteiger partial charge in [-0.3, -0.25) is 19.6 Å². The normalized spacial score (nSPS) is 10.9. The first-order valence-corrected chi connectivity index (χ1v) is 10.6. The van der Waals surface area contributed by atoms with Crippen LogP contribution in [0.15, 0.2) is 71.6 Å². The summed E-state index contributed by atoms with van der Waals surface area (Å²) in [6.07, 6.45) is 0. The van der Waals surface area contributed by atoms with Gasteiger partial charge in [0.25, 0.3) is 21.6 Å². The third-order valence-electron chi connectivity index (χ3n) is 4.15. The molecule has 0 aromatic heterocycles. The van der Waals surface area contributed by atoms with Crippen LogP contribution in [0.25, 0.3) is 0 Å². The van der Waals surface area contributed by atoms with Crippen LogP contribution in [0.3, 0.4) is 0 Å². The first-order valence-electron chi connectivity index (χ1n) is 8.72. The van der Waals surface area contributed by atoms with E-state index >= 15 is 0 Å². The monoisotopic (exact) mass is 461 g/mol. The number of nitrogens with one attached hydrogen (secondary N) is 2. The molecule has 0 aliphatic carbocycles. The van der Waals surface area contributed by atoms with Gasteiger partial charge in [0, 0.05) is 22.7 Å². The topological polar surface area (TPSA) is 128 Å². The second-order valence-corrected chi connectivity index (χ2v) is 8.35. The number of nitro groups is 1. The first kappa shape index (κ1) is 22.1. The summed E-state index contributed by atoms with van der Waals surface area (Å²) in [5, 5.41) is 14.0. The number of nitro benzene ring substituents is 1. The summed E-state index contributed by atoms with van der Waals surface area (Å²) in [6, 6.07) is 15.2. The smallest absolute Gasteiger partial charge is 0.271 e. The number of nitrogens with zero attached hydrogens (tertiary/aromatic N) is 1. The predicted molar refractivity (Wildman–Crippen MR) is 116 cm³/mol. The lowest BCUT2D eigenvalue weighted by Crippen LogP contribution is -2.16. The maximum absolute atomic E-state index is 12.8. The first-order chi connectivity index (χ1) is 14.7. The highest BCUT2D eigenvalue weighted by Gasteiger charge is 2.19. The molecule has 9 nitrogen and oxygen atoms in total. The number of benzene rings is 3. The van der Waals surface area contributed by atoms with Crippen molar-refractivity contribution < 1.29 is 22.9 Å². The molecule has 0 aliphatic heterocycles. The Morgan fingerprint density at radius 2 is 1.77 bits per heavy atom. The Bertz CT molecular complexity index is 1250. The zero-order chi connectivity index (χ0) is 22.6. The number of rotatable bonds is 7. The molecule has 1 amide bonds. The quantitative estimate of drug-likeness (QED) is 0.398. The Hall–Kier alpha value is -3.63. The van der Waals surface area contributed by atoms with Gasteiger partial charge in [0.15, 0.2) is 0 Å². The van der Waals surface area contributed by atoms with Gasteiger partial charge in [-0.05, 0) is 48.5 Å². The summed E-state index contributed by atoms with van der Waals surface area (Å²) in [4.78, 5) is 22.6. The number of ether oxygens (including phenoxy) is 1. The number of amides is 1. The van der Waals surface area contributed by atoms with Crippen molar-refractivity contribution in [2.24, 2.45) is 0 Å². The molecule has 0 bridgehead atoms. The number of methoxy groups -OCH3 is 1. The van der Waals surface area contributed by atoms with Crippen molar-refractivity contribution in [1.29, 1.82) is 0 Å². The van der Waals surface area contributed by atoms with Crippen LogP contribution in [0.5, 0.6) is 5.75 Å². The van der Waals surface area contributed by atoms with E-state index in [0.717, 1.165) is 6.07 Å². The van der Waals surface area contributed by atoms with Crippen LogP contribution in [0.4, 0.5) is 17.1 Å². The van der Waals surface area contributed by atoms with Gasteiger partial charge in [0.1, 0.15) is 5.75 Å². The number of anilines is 2. The van der Waals surface area contributed by atoms with E-state index in [-0.39, 0.29) is 27.7 Å². The molecule has 3 aromatic rings. The van der Waals surface area contributed by atoms with Crippen molar-refractivity contribution in [2.45, 2.75) is 4.90 Å². The Kier molecular flexibility index (Phi) is 6.42. The maximum Gasteiger partial charge on any atom is 0.271 e. The number of carbonyl (C=O) groups excluding carboxylic acids is 1.